The first-order valence-corrected chi connectivity index (χ1v) is 4.30. The average molecular weight is 213 g/mol. The van der Waals surface area contributed by atoms with Crippen molar-refractivity contribution in [3.05, 3.63) is 41.5 Å². The Hall–Kier alpha value is -1.58. The van der Waals surface area contributed by atoms with Crippen molar-refractivity contribution in [2.45, 2.75) is 13.1 Å². The van der Waals surface area contributed by atoms with Crippen LogP contribution in [-0.2, 0) is 6.18 Å². The molecule has 1 aromatic rings. The zero-order valence-electron chi connectivity index (χ0n) is 8.10. The maximum atomic E-state index is 12.6. The lowest BCUT2D eigenvalue weighted by Gasteiger charge is -2.12. The van der Waals surface area contributed by atoms with E-state index in [1.54, 1.807) is 13.0 Å². The molecule has 1 aromatic carbocycles. The summed E-state index contributed by atoms with van der Waals surface area (Å²) in [6, 6.07) is 5.34. The molecule has 1 rings (SSSR count). The maximum Gasteiger partial charge on any atom is 0.416 e. The Morgan fingerprint density at radius 1 is 1.27 bits per heavy atom. The average Bonchev–Trinajstić information content (AvgIpc) is 2.17. The van der Waals surface area contributed by atoms with Gasteiger partial charge in [-0.15, -0.1) is 0 Å². The SMILES string of the molecule is C/C(=C\C=N)c1ccccc1C(F)(F)F. The van der Waals surface area contributed by atoms with Crippen molar-refractivity contribution in [1.82, 2.24) is 0 Å². The van der Waals surface area contributed by atoms with Crippen LogP contribution in [0.3, 0.4) is 0 Å². The summed E-state index contributed by atoms with van der Waals surface area (Å²) in [4.78, 5) is 0. The molecule has 0 heterocycles. The van der Waals surface area contributed by atoms with Crippen LogP contribution in [0, 0.1) is 5.41 Å². The minimum atomic E-state index is -4.35. The lowest BCUT2D eigenvalue weighted by atomic mass is 10.0. The molecular formula is C11H10F3N. The molecule has 80 valence electrons. The number of hydrogen-bond donors (Lipinski definition) is 1. The maximum absolute atomic E-state index is 12.6. The Bertz CT molecular complexity index is 391. The van der Waals surface area contributed by atoms with Gasteiger partial charge in [0.05, 0.1) is 5.56 Å². The van der Waals surface area contributed by atoms with Crippen molar-refractivity contribution in [3.63, 3.8) is 0 Å². The minimum absolute atomic E-state index is 0.119. The molecular weight excluding hydrogens is 203 g/mol. The van der Waals surface area contributed by atoms with E-state index in [2.05, 4.69) is 0 Å². The Balaban J connectivity index is 3.30. The van der Waals surface area contributed by atoms with Crippen LogP contribution in [-0.4, -0.2) is 6.21 Å². The summed E-state index contributed by atoms with van der Waals surface area (Å²) in [6.07, 6.45) is -2.04. The van der Waals surface area contributed by atoms with Gasteiger partial charge in [-0.25, -0.2) is 0 Å². The van der Waals surface area contributed by atoms with Crippen molar-refractivity contribution >= 4 is 11.8 Å². The van der Waals surface area contributed by atoms with Crippen molar-refractivity contribution < 1.29 is 13.2 Å². The van der Waals surface area contributed by atoms with Gasteiger partial charge < -0.3 is 5.41 Å². The van der Waals surface area contributed by atoms with Crippen LogP contribution in [0.2, 0.25) is 0 Å². The predicted octanol–water partition coefficient (Wildman–Crippen LogP) is 3.76. The van der Waals surface area contributed by atoms with Crippen LogP contribution in [0.15, 0.2) is 30.3 Å². The smallest absolute Gasteiger partial charge is 0.309 e. The fourth-order valence-corrected chi connectivity index (χ4v) is 1.29. The molecule has 15 heavy (non-hydrogen) atoms. The van der Waals surface area contributed by atoms with E-state index >= 15 is 0 Å². The summed E-state index contributed by atoms with van der Waals surface area (Å²) >= 11 is 0. The molecule has 0 unspecified atom stereocenters. The van der Waals surface area contributed by atoms with Gasteiger partial charge in [-0.05, 0) is 30.2 Å². The summed E-state index contributed by atoms with van der Waals surface area (Å²) in [5, 5.41) is 6.83. The second kappa shape index (κ2) is 4.29. The second-order valence-corrected chi connectivity index (χ2v) is 3.06. The number of allylic oxidation sites excluding steroid dienone is 2. The second-order valence-electron chi connectivity index (χ2n) is 3.06. The number of rotatable bonds is 2. The third-order valence-electron chi connectivity index (χ3n) is 1.99. The fourth-order valence-electron chi connectivity index (χ4n) is 1.29. The molecule has 0 fully saturated rings. The van der Waals surface area contributed by atoms with Gasteiger partial charge in [-0.1, -0.05) is 18.2 Å². The molecule has 0 saturated heterocycles. The van der Waals surface area contributed by atoms with Crippen LogP contribution >= 0.6 is 0 Å². The monoisotopic (exact) mass is 213 g/mol. The first-order chi connectivity index (χ1) is 6.96. The van der Waals surface area contributed by atoms with E-state index < -0.39 is 11.7 Å². The standard InChI is InChI=1S/C11H10F3N/c1-8(6-7-15)9-4-2-3-5-10(9)11(12,13)14/h2-7,15H,1H3/b8-6+,15-7?. The molecule has 0 spiro atoms. The Morgan fingerprint density at radius 2 is 1.87 bits per heavy atom. The van der Waals surface area contributed by atoms with E-state index in [9.17, 15) is 13.2 Å². The molecule has 0 aliphatic rings. The topological polar surface area (TPSA) is 23.9 Å². The highest BCUT2D eigenvalue weighted by molar-refractivity contribution is 5.83. The minimum Gasteiger partial charge on any atom is -0.309 e. The number of alkyl halides is 3. The van der Waals surface area contributed by atoms with Crippen molar-refractivity contribution in [2.75, 3.05) is 0 Å². The highest BCUT2D eigenvalue weighted by Crippen LogP contribution is 2.34. The molecule has 0 atom stereocenters. The predicted molar refractivity (Wildman–Crippen MR) is 53.9 cm³/mol. The number of halogens is 3. The lowest BCUT2D eigenvalue weighted by Crippen LogP contribution is -2.08. The molecule has 0 amide bonds. The molecule has 0 aromatic heterocycles. The van der Waals surface area contributed by atoms with Crippen molar-refractivity contribution in [2.24, 2.45) is 0 Å². The molecule has 1 nitrogen and oxygen atoms in total. The summed E-state index contributed by atoms with van der Waals surface area (Å²) in [5.41, 5.74) is -0.118. The normalized spacial score (nSPS) is 12.7. The summed E-state index contributed by atoms with van der Waals surface area (Å²) < 4.78 is 37.7. The van der Waals surface area contributed by atoms with Crippen LogP contribution < -0.4 is 0 Å². The van der Waals surface area contributed by atoms with Crippen LogP contribution in [0.4, 0.5) is 13.2 Å². The summed E-state index contributed by atoms with van der Waals surface area (Å²) in [5.74, 6) is 0. The molecule has 0 aliphatic carbocycles. The number of nitrogens with one attached hydrogen (secondary N) is 1. The van der Waals surface area contributed by atoms with Crippen LogP contribution in [0.5, 0.6) is 0 Å². The van der Waals surface area contributed by atoms with E-state index in [0.717, 1.165) is 12.3 Å². The van der Waals surface area contributed by atoms with E-state index in [-0.39, 0.29) is 5.56 Å². The van der Waals surface area contributed by atoms with Gasteiger partial charge in [0.1, 0.15) is 0 Å². The van der Waals surface area contributed by atoms with Crippen LogP contribution in [0.1, 0.15) is 18.1 Å². The van der Waals surface area contributed by atoms with Crippen LogP contribution in [0.25, 0.3) is 5.57 Å². The van der Waals surface area contributed by atoms with Gasteiger partial charge in [0.2, 0.25) is 0 Å². The summed E-state index contributed by atoms with van der Waals surface area (Å²) in [6.45, 7) is 1.55. The molecule has 4 heteroatoms. The molecule has 0 bridgehead atoms. The van der Waals surface area contributed by atoms with Gasteiger partial charge in [0.15, 0.2) is 0 Å². The number of benzene rings is 1. The third-order valence-corrected chi connectivity index (χ3v) is 1.99. The molecule has 0 saturated carbocycles. The van der Waals surface area contributed by atoms with E-state index in [1.165, 1.54) is 18.2 Å². The van der Waals surface area contributed by atoms with Gasteiger partial charge in [0, 0.05) is 6.21 Å². The van der Waals surface area contributed by atoms with Gasteiger partial charge in [-0.3, -0.25) is 0 Å². The van der Waals surface area contributed by atoms with Crippen molar-refractivity contribution in [3.8, 4) is 0 Å². The highest BCUT2D eigenvalue weighted by Gasteiger charge is 2.32. The fraction of sp³-hybridized carbons (Fsp3) is 0.182. The largest absolute Gasteiger partial charge is 0.416 e. The zero-order chi connectivity index (χ0) is 11.5. The Morgan fingerprint density at radius 3 is 2.40 bits per heavy atom. The third kappa shape index (κ3) is 2.68. The first-order valence-electron chi connectivity index (χ1n) is 4.30. The van der Waals surface area contributed by atoms with E-state index in [0.29, 0.717) is 5.57 Å². The van der Waals surface area contributed by atoms with Crippen molar-refractivity contribution in [1.29, 1.82) is 5.41 Å². The van der Waals surface area contributed by atoms with Gasteiger partial charge >= 0.3 is 6.18 Å². The van der Waals surface area contributed by atoms with E-state index in [4.69, 9.17) is 5.41 Å². The van der Waals surface area contributed by atoms with Gasteiger partial charge in [-0.2, -0.15) is 13.2 Å². The number of hydrogen-bond acceptors (Lipinski definition) is 1. The highest BCUT2D eigenvalue weighted by atomic mass is 19.4. The lowest BCUT2D eigenvalue weighted by molar-refractivity contribution is -0.137. The van der Waals surface area contributed by atoms with Gasteiger partial charge in [0.25, 0.3) is 0 Å². The van der Waals surface area contributed by atoms with E-state index in [1.807, 2.05) is 0 Å². The molecule has 1 N–H and O–H groups in total. The molecule has 0 aliphatic heterocycles. The molecule has 0 radical (unpaired) electrons. The Kier molecular flexibility index (Phi) is 3.29. The quantitative estimate of drug-likeness (QED) is 0.723. The first kappa shape index (κ1) is 11.5. The zero-order valence-corrected chi connectivity index (χ0v) is 8.10. The summed E-state index contributed by atoms with van der Waals surface area (Å²) in [7, 11) is 0. The Labute approximate surface area is 85.7 Å².